The first-order chi connectivity index (χ1) is 7.38. The average Bonchev–Trinajstić information content (AvgIpc) is 2.58. The summed E-state index contributed by atoms with van der Waals surface area (Å²) in [4.78, 5) is 10.9. The number of hydrogen-bond acceptors (Lipinski definition) is 4. The number of carboxylic acids is 1. The van der Waals surface area contributed by atoms with E-state index in [1.807, 2.05) is 6.92 Å². The molecule has 16 heavy (non-hydrogen) atoms. The second-order valence-corrected chi connectivity index (χ2v) is 6.02. The maximum atomic E-state index is 11.8. The molecule has 0 aromatic rings. The number of carboxylic acid groups (broad SMARTS) is 1. The summed E-state index contributed by atoms with van der Waals surface area (Å²) in [6.45, 7) is 1.76. The summed E-state index contributed by atoms with van der Waals surface area (Å²) in [5.74, 6) is -1.25. The third kappa shape index (κ3) is 2.93. The lowest BCUT2D eigenvalue weighted by molar-refractivity contribution is -0.140. The van der Waals surface area contributed by atoms with E-state index in [-0.39, 0.29) is 18.7 Å². The molecule has 6 nitrogen and oxygen atoms in total. The van der Waals surface area contributed by atoms with Crippen LogP contribution >= 0.6 is 0 Å². The molecule has 2 N–H and O–H groups in total. The molecule has 0 spiro atoms. The molecule has 1 heterocycles. The van der Waals surface area contributed by atoms with Crippen molar-refractivity contribution in [1.82, 2.24) is 4.31 Å². The van der Waals surface area contributed by atoms with Gasteiger partial charge in [-0.15, -0.1) is 0 Å². The van der Waals surface area contributed by atoms with Gasteiger partial charge < -0.3 is 10.2 Å². The molecule has 1 fully saturated rings. The summed E-state index contributed by atoms with van der Waals surface area (Å²) < 4.78 is 24.5. The number of carbonyl (C=O) groups is 1. The van der Waals surface area contributed by atoms with Gasteiger partial charge in [-0.1, -0.05) is 13.3 Å². The third-order valence-electron chi connectivity index (χ3n) is 2.63. The SMILES string of the molecule is CCCCS(=O)(=O)N1C[C@H](O)C[C@@H]1C(=O)O. The molecule has 0 saturated carbocycles. The minimum atomic E-state index is -3.56. The van der Waals surface area contributed by atoms with E-state index in [0.29, 0.717) is 6.42 Å². The van der Waals surface area contributed by atoms with Gasteiger partial charge in [0.1, 0.15) is 6.04 Å². The van der Waals surface area contributed by atoms with Crippen LogP contribution in [0.4, 0.5) is 0 Å². The summed E-state index contributed by atoms with van der Waals surface area (Å²) in [6, 6.07) is -1.11. The zero-order chi connectivity index (χ0) is 12.3. The van der Waals surface area contributed by atoms with Gasteiger partial charge in [-0.25, -0.2) is 8.42 Å². The van der Waals surface area contributed by atoms with Crippen molar-refractivity contribution in [3.8, 4) is 0 Å². The molecule has 0 aliphatic carbocycles. The lowest BCUT2D eigenvalue weighted by Gasteiger charge is -2.20. The Balaban J connectivity index is 2.81. The maximum Gasteiger partial charge on any atom is 0.322 e. The van der Waals surface area contributed by atoms with Gasteiger partial charge in [-0.05, 0) is 6.42 Å². The first-order valence-corrected chi connectivity index (χ1v) is 6.89. The highest BCUT2D eigenvalue weighted by atomic mass is 32.2. The summed E-state index contributed by atoms with van der Waals surface area (Å²) in [5.41, 5.74) is 0. The van der Waals surface area contributed by atoms with Crippen LogP contribution in [0.3, 0.4) is 0 Å². The summed E-state index contributed by atoms with van der Waals surface area (Å²) in [7, 11) is -3.56. The fraction of sp³-hybridized carbons (Fsp3) is 0.889. The Bertz CT molecular complexity index is 353. The van der Waals surface area contributed by atoms with E-state index in [4.69, 9.17) is 5.11 Å². The van der Waals surface area contributed by atoms with Crippen LogP contribution in [-0.2, 0) is 14.8 Å². The van der Waals surface area contributed by atoms with Crippen LogP contribution < -0.4 is 0 Å². The molecular weight excluding hydrogens is 234 g/mol. The van der Waals surface area contributed by atoms with Gasteiger partial charge in [0, 0.05) is 13.0 Å². The normalized spacial score (nSPS) is 27.1. The first-order valence-electron chi connectivity index (χ1n) is 5.29. The van der Waals surface area contributed by atoms with Gasteiger partial charge >= 0.3 is 5.97 Å². The van der Waals surface area contributed by atoms with Crippen LogP contribution in [0.2, 0.25) is 0 Å². The second kappa shape index (κ2) is 5.11. The molecule has 1 aliphatic heterocycles. The minimum Gasteiger partial charge on any atom is -0.480 e. The molecular formula is C9H17NO5S. The van der Waals surface area contributed by atoms with Gasteiger partial charge in [-0.3, -0.25) is 4.79 Å². The molecule has 1 rings (SSSR count). The van der Waals surface area contributed by atoms with Crippen LogP contribution in [-0.4, -0.2) is 53.3 Å². The zero-order valence-electron chi connectivity index (χ0n) is 9.16. The third-order valence-corrected chi connectivity index (χ3v) is 4.55. The molecule has 0 unspecified atom stereocenters. The van der Waals surface area contributed by atoms with E-state index in [9.17, 15) is 18.3 Å². The molecule has 94 valence electrons. The number of nitrogens with zero attached hydrogens (tertiary/aromatic N) is 1. The Labute approximate surface area is 94.9 Å². The number of rotatable bonds is 5. The van der Waals surface area contributed by atoms with E-state index >= 15 is 0 Å². The van der Waals surface area contributed by atoms with Crippen LogP contribution in [0.15, 0.2) is 0 Å². The number of aliphatic hydroxyl groups is 1. The maximum absolute atomic E-state index is 11.8. The van der Waals surface area contributed by atoms with Crippen molar-refractivity contribution in [3.63, 3.8) is 0 Å². The van der Waals surface area contributed by atoms with Crippen molar-refractivity contribution in [1.29, 1.82) is 0 Å². The summed E-state index contributed by atoms with van der Waals surface area (Å²) in [5, 5.41) is 18.2. The number of aliphatic carboxylic acids is 1. The van der Waals surface area contributed by atoms with Gasteiger partial charge in [0.05, 0.1) is 11.9 Å². The Hall–Kier alpha value is -0.660. The molecule has 1 saturated heterocycles. The highest BCUT2D eigenvalue weighted by Gasteiger charge is 2.42. The van der Waals surface area contributed by atoms with Crippen LogP contribution in [0.25, 0.3) is 0 Å². The van der Waals surface area contributed by atoms with Gasteiger partial charge in [0.2, 0.25) is 10.0 Å². The molecule has 0 bridgehead atoms. The fourth-order valence-electron chi connectivity index (χ4n) is 1.76. The lowest BCUT2D eigenvalue weighted by Crippen LogP contribution is -2.41. The minimum absolute atomic E-state index is 0.0271. The Kier molecular flexibility index (Phi) is 4.28. The van der Waals surface area contributed by atoms with E-state index in [1.165, 1.54) is 0 Å². The Morgan fingerprint density at radius 1 is 1.50 bits per heavy atom. The highest BCUT2D eigenvalue weighted by Crippen LogP contribution is 2.22. The number of β-amino-alcohol motifs (C(OH)–C–C–N with tert-alkyl or cyclic N) is 1. The summed E-state index contributed by atoms with van der Waals surface area (Å²) >= 11 is 0. The average molecular weight is 251 g/mol. The fourth-order valence-corrected chi connectivity index (χ4v) is 3.61. The molecule has 0 radical (unpaired) electrons. The molecule has 1 aliphatic rings. The highest BCUT2D eigenvalue weighted by molar-refractivity contribution is 7.89. The zero-order valence-corrected chi connectivity index (χ0v) is 9.98. The van der Waals surface area contributed by atoms with Crippen molar-refractivity contribution in [2.24, 2.45) is 0 Å². The van der Waals surface area contributed by atoms with E-state index in [0.717, 1.165) is 10.7 Å². The van der Waals surface area contributed by atoms with Crippen molar-refractivity contribution < 1.29 is 23.4 Å². The van der Waals surface area contributed by atoms with Crippen LogP contribution in [0, 0.1) is 0 Å². The molecule has 0 aromatic heterocycles. The number of aliphatic hydroxyl groups excluding tert-OH is 1. The predicted molar refractivity (Wildman–Crippen MR) is 57.4 cm³/mol. The number of hydrogen-bond donors (Lipinski definition) is 2. The lowest BCUT2D eigenvalue weighted by atomic mass is 10.2. The van der Waals surface area contributed by atoms with Gasteiger partial charge in [0.25, 0.3) is 0 Å². The molecule has 0 aromatic carbocycles. The molecule has 2 atom stereocenters. The van der Waals surface area contributed by atoms with E-state index in [2.05, 4.69) is 0 Å². The van der Waals surface area contributed by atoms with Crippen molar-refractivity contribution in [2.45, 2.75) is 38.3 Å². The molecule has 7 heteroatoms. The van der Waals surface area contributed by atoms with Crippen molar-refractivity contribution in [3.05, 3.63) is 0 Å². The first kappa shape index (κ1) is 13.4. The Morgan fingerprint density at radius 3 is 2.62 bits per heavy atom. The molecule has 0 amide bonds. The number of sulfonamides is 1. The van der Waals surface area contributed by atoms with Gasteiger partial charge in [-0.2, -0.15) is 4.31 Å². The van der Waals surface area contributed by atoms with Crippen LogP contribution in [0.5, 0.6) is 0 Å². The van der Waals surface area contributed by atoms with E-state index < -0.39 is 28.1 Å². The smallest absolute Gasteiger partial charge is 0.322 e. The van der Waals surface area contributed by atoms with Crippen molar-refractivity contribution >= 4 is 16.0 Å². The second-order valence-electron chi connectivity index (χ2n) is 3.98. The number of unbranched alkanes of at least 4 members (excludes halogenated alkanes) is 1. The van der Waals surface area contributed by atoms with Gasteiger partial charge in [0.15, 0.2) is 0 Å². The largest absolute Gasteiger partial charge is 0.480 e. The monoisotopic (exact) mass is 251 g/mol. The summed E-state index contributed by atoms with van der Waals surface area (Å²) in [6.07, 6.45) is 0.326. The quantitative estimate of drug-likeness (QED) is 0.695. The Morgan fingerprint density at radius 2 is 2.12 bits per heavy atom. The standard InChI is InChI=1S/C9H17NO5S/c1-2-3-4-16(14,15)10-6-7(11)5-8(10)9(12)13/h7-8,11H,2-6H2,1H3,(H,12,13)/t7-,8-/m1/s1. The predicted octanol–water partition coefficient (Wildman–Crippen LogP) is -0.364. The van der Waals surface area contributed by atoms with Crippen LogP contribution in [0.1, 0.15) is 26.2 Å². The van der Waals surface area contributed by atoms with Crippen molar-refractivity contribution in [2.75, 3.05) is 12.3 Å². The van der Waals surface area contributed by atoms with E-state index in [1.54, 1.807) is 0 Å². The topological polar surface area (TPSA) is 94.9 Å².